The number of aliphatic hydroxyl groups is 1. The molecule has 7 heteroatoms. The van der Waals surface area contributed by atoms with Crippen LogP contribution in [-0.4, -0.2) is 44.0 Å². The van der Waals surface area contributed by atoms with Gasteiger partial charge in [-0.25, -0.2) is 9.37 Å². The molecule has 0 saturated carbocycles. The summed E-state index contributed by atoms with van der Waals surface area (Å²) in [5.74, 6) is -0.361. The molecule has 1 aliphatic rings. The lowest BCUT2D eigenvalue weighted by Crippen LogP contribution is -2.61. The van der Waals surface area contributed by atoms with Gasteiger partial charge in [0, 0.05) is 18.4 Å². The number of amides is 1. The second kappa shape index (κ2) is 7.09. The van der Waals surface area contributed by atoms with Crippen molar-refractivity contribution >= 4 is 17.2 Å². The van der Waals surface area contributed by atoms with Crippen LogP contribution in [-0.2, 0) is 6.54 Å². The third-order valence-electron chi connectivity index (χ3n) is 5.91. The van der Waals surface area contributed by atoms with Gasteiger partial charge in [0.25, 0.3) is 5.91 Å². The molecule has 3 heterocycles. The van der Waals surface area contributed by atoms with Crippen molar-refractivity contribution in [3.63, 3.8) is 0 Å². The van der Waals surface area contributed by atoms with Gasteiger partial charge in [0.05, 0.1) is 35.6 Å². The molecule has 2 aromatic heterocycles. The zero-order valence-corrected chi connectivity index (χ0v) is 18.0. The van der Waals surface area contributed by atoms with Gasteiger partial charge in [0.15, 0.2) is 5.65 Å². The number of likely N-dealkylation sites (tertiary alicyclic amines) is 1. The summed E-state index contributed by atoms with van der Waals surface area (Å²) >= 11 is 0. The summed E-state index contributed by atoms with van der Waals surface area (Å²) in [7, 11) is 0. The molecule has 1 aromatic carbocycles. The predicted octanol–water partition coefficient (Wildman–Crippen LogP) is 3.53. The van der Waals surface area contributed by atoms with E-state index in [0.29, 0.717) is 25.2 Å². The lowest BCUT2D eigenvalue weighted by molar-refractivity contribution is -0.0668. The Morgan fingerprint density at radius 3 is 2.43 bits per heavy atom. The molecule has 0 radical (unpaired) electrons. The van der Waals surface area contributed by atoms with Crippen LogP contribution in [0.2, 0.25) is 0 Å². The van der Waals surface area contributed by atoms with Gasteiger partial charge in [0.1, 0.15) is 5.82 Å². The van der Waals surface area contributed by atoms with Crippen LogP contribution in [0, 0.1) is 33.5 Å². The van der Waals surface area contributed by atoms with Crippen molar-refractivity contribution in [1.82, 2.24) is 14.3 Å². The third kappa shape index (κ3) is 3.54. The quantitative estimate of drug-likeness (QED) is 0.690. The van der Waals surface area contributed by atoms with E-state index in [2.05, 4.69) is 10.3 Å². The minimum Gasteiger partial charge on any atom is -0.386 e. The van der Waals surface area contributed by atoms with E-state index in [-0.39, 0.29) is 11.7 Å². The number of halogens is 1. The zero-order valence-electron chi connectivity index (χ0n) is 18.0. The largest absolute Gasteiger partial charge is 0.386 e. The fourth-order valence-corrected chi connectivity index (χ4v) is 4.12. The van der Waals surface area contributed by atoms with Crippen LogP contribution in [0.4, 0.5) is 10.1 Å². The molecular formula is C23H27FN4O2. The number of nitrogens with one attached hydrogen (secondary N) is 1. The fourth-order valence-electron chi connectivity index (χ4n) is 4.12. The molecule has 0 unspecified atom stereocenters. The Bertz CT molecular complexity index is 1130. The van der Waals surface area contributed by atoms with Crippen molar-refractivity contribution in [2.75, 3.05) is 18.4 Å². The Morgan fingerprint density at radius 2 is 1.83 bits per heavy atom. The van der Waals surface area contributed by atoms with Crippen LogP contribution in [0.5, 0.6) is 0 Å². The molecule has 2 N–H and O–H groups in total. The molecule has 1 fully saturated rings. The number of carbonyl (C=O) groups is 1. The molecule has 0 bridgehead atoms. The summed E-state index contributed by atoms with van der Waals surface area (Å²) in [6.07, 6.45) is 1.81. The standard InChI is InChI=1S/C23H27FN4O2/c1-13-6-18(24)7-14(2)19(13)9-25-20-8-17(22(29)27-11-23(5,30)12-27)10-28-16(4)15(3)26-21(20)28/h6-8,10,25,30H,9,11-12H2,1-5H3. The highest BCUT2D eigenvalue weighted by Crippen LogP contribution is 2.27. The van der Waals surface area contributed by atoms with Gasteiger partial charge in [-0.1, -0.05) is 0 Å². The number of β-amino-alcohol motifs (C(OH)–C–C–N with tert-alkyl or cyclic N) is 1. The number of anilines is 1. The van der Waals surface area contributed by atoms with Crippen molar-refractivity contribution in [3.8, 4) is 0 Å². The van der Waals surface area contributed by atoms with Gasteiger partial charge in [-0.05, 0) is 69.5 Å². The first-order chi connectivity index (χ1) is 14.1. The van der Waals surface area contributed by atoms with Crippen molar-refractivity contribution in [1.29, 1.82) is 0 Å². The Morgan fingerprint density at radius 1 is 1.20 bits per heavy atom. The molecule has 6 nitrogen and oxygen atoms in total. The topological polar surface area (TPSA) is 69.9 Å². The monoisotopic (exact) mass is 410 g/mol. The molecule has 30 heavy (non-hydrogen) atoms. The maximum atomic E-state index is 13.6. The molecule has 0 aliphatic carbocycles. The molecule has 0 atom stereocenters. The summed E-state index contributed by atoms with van der Waals surface area (Å²) in [6, 6.07) is 4.86. The average molecular weight is 410 g/mol. The highest BCUT2D eigenvalue weighted by Gasteiger charge is 2.39. The summed E-state index contributed by atoms with van der Waals surface area (Å²) in [5, 5.41) is 13.4. The number of aromatic nitrogens is 2. The number of hydrogen-bond donors (Lipinski definition) is 2. The molecule has 1 aliphatic heterocycles. The molecule has 3 aromatic rings. The summed E-state index contributed by atoms with van der Waals surface area (Å²) < 4.78 is 15.6. The van der Waals surface area contributed by atoms with Crippen LogP contribution in [0.3, 0.4) is 0 Å². The number of nitrogens with zero attached hydrogens (tertiary/aromatic N) is 3. The minimum absolute atomic E-state index is 0.119. The first-order valence-corrected chi connectivity index (χ1v) is 10.1. The third-order valence-corrected chi connectivity index (χ3v) is 5.91. The van der Waals surface area contributed by atoms with Gasteiger partial charge in [-0.3, -0.25) is 4.79 Å². The number of aryl methyl sites for hydroxylation is 4. The summed E-state index contributed by atoms with van der Waals surface area (Å²) in [6.45, 7) is 10.6. The predicted molar refractivity (Wildman–Crippen MR) is 114 cm³/mol. The number of fused-ring (bicyclic) bond motifs is 1. The van der Waals surface area contributed by atoms with Gasteiger partial charge < -0.3 is 19.7 Å². The number of imidazole rings is 1. The van der Waals surface area contributed by atoms with E-state index in [4.69, 9.17) is 0 Å². The van der Waals surface area contributed by atoms with E-state index in [0.717, 1.165) is 39.4 Å². The highest BCUT2D eigenvalue weighted by atomic mass is 19.1. The second-order valence-corrected chi connectivity index (χ2v) is 8.65. The Balaban J connectivity index is 1.70. The minimum atomic E-state index is -0.819. The van der Waals surface area contributed by atoms with Gasteiger partial charge >= 0.3 is 0 Å². The average Bonchev–Trinajstić information content (AvgIpc) is 2.92. The van der Waals surface area contributed by atoms with E-state index < -0.39 is 5.60 Å². The summed E-state index contributed by atoms with van der Waals surface area (Å²) in [5.41, 5.74) is 5.83. The van der Waals surface area contributed by atoms with E-state index >= 15 is 0 Å². The van der Waals surface area contributed by atoms with Gasteiger partial charge in [-0.2, -0.15) is 0 Å². The highest BCUT2D eigenvalue weighted by molar-refractivity contribution is 5.96. The molecule has 4 rings (SSSR count). The SMILES string of the molecule is Cc1cc(F)cc(C)c1CNc1cc(C(=O)N2CC(C)(O)C2)cn2c(C)c(C)nc12. The van der Waals surface area contributed by atoms with Gasteiger partial charge in [0.2, 0.25) is 0 Å². The number of pyridine rings is 1. The number of hydrogen-bond acceptors (Lipinski definition) is 4. The second-order valence-electron chi connectivity index (χ2n) is 8.65. The van der Waals surface area contributed by atoms with Crippen LogP contribution in [0.25, 0.3) is 5.65 Å². The fraction of sp³-hybridized carbons (Fsp3) is 0.391. The zero-order chi connectivity index (χ0) is 21.8. The maximum Gasteiger partial charge on any atom is 0.255 e. The number of carbonyl (C=O) groups excluding carboxylic acids is 1. The maximum absolute atomic E-state index is 13.6. The van der Waals surface area contributed by atoms with Crippen LogP contribution in [0.15, 0.2) is 24.4 Å². The first kappa shape index (κ1) is 20.3. The smallest absolute Gasteiger partial charge is 0.255 e. The first-order valence-electron chi connectivity index (χ1n) is 10.1. The van der Waals surface area contributed by atoms with Gasteiger partial charge in [-0.15, -0.1) is 0 Å². The van der Waals surface area contributed by atoms with Crippen LogP contribution in [0.1, 0.15) is 45.4 Å². The van der Waals surface area contributed by atoms with Crippen molar-refractivity contribution in [2.45, 2.75) is 46.8 Å². The van der Waals surface area contributed by atoms with E-state index in [1.807, 2.05) is 38.2 Å². The van der Waals surface area contributed by atoms with E-state index in [1.165, 1.54) is 12.1 Å². The molecule has 1 saturated heterocycles. The Hall–Kier alpha value is -2.93. The molecule has 1 amide bonds. The number of benzene rings is 1. The Kier molecular flexibility index (Phi) is 4.81. The normalized spacial score (nSPS) is 15.4. The molecular weight excluding hydrogens is 383 g/mol. The van der Waals surface area contributed by atoms with E-state index in [1.54, 1.807) is 18.0 Å². The lowest BCUT2D eigenvalue weighted by atomic mass is 9.96. The summed E-state index contributed by atoms with van der Waals surface area (Å²) in [4.78, 5) is 19.3. The van der Waals surface area contributed by atoms with Crippen LogP contribution >= 0.6 is 0 Å². The van der Waals surface area contributed by atoms with Crippen molar-refractivity contribution in [3.05, 3.63) is 63.9 Å². The molecule has 158 valence electrons. The lowest BCUT2D eigenvalue weighted by Gasteiger charge is -2.44. The van der Waals surface area contributed by atoms with Crippen LogP contribution < -0.4 is 5.32 Å². The molecule has 0 spiro atoms. The van der Waals surface area contributed by atoms with Crippen molar-refractivity contribution < 1.29 is 14.3 Å². The number of rotatable bonds is 4. The Labute approximate surface area is 175 Å². The van der Waals surface area contributed by atoms with E-state index in [9.17, 15) is 14.3 Å². The van der Waals surface area contributed by atoms with Crippen molar-refractivity contribution in [2.24, 2.45) is 0 Å².